The molecule has 0 bridgehead atoms. The molecule has 1 aliphatic heterocycles. The third-order valence-corrected chi connectivity index (χ3v) is 4.61. The van der Waals surface area contributed by atoms with Crippen molar-refractivity contribution in [1.82, 2.24) is 0 Å². The summed E-state index contributed by atoms with van der Waals surface area (Å²) in [5, 5.41) is 0. The highest BCUT2D eigenvalue weighted by molar-refractivity contribution is 9.10. The molecule has 114 valence electrons. The smallest absolute Gasteiger partial charge is 0.258 e. The standard InChI is InChI=1S/C18H18BrNO2/c1-11-8-13(4-7-17(11)22-3)18(21)20-12(2)9-14-10-15(19)5-6-16(14)20/h4-8,10,12H,9H2,1-3H3. The third kappa shape index (κ3) is 2.52. The number of aryl methyl sites for hydroxylation is 1. The molecule has 22 heavy (non-hydrogen) atoms. The number of hydrogen-bond donors (Lipinski definition) is 0. The molecule has 2 aromatic rings. The van der Waals surface area contributed by atoms with Gasteiger partial charge >= 0.3 is 0 Å². The molecule has 0 spiro atoms. The first-order chi connectivity index (χ1) is 10.5. The van der Waals surface area contributed by atoms with Crippen LogP contribution in [0, 0.1) is 6.92 Å². The lowest BCUT2D eigenvalue weighted by molar-refractivity contribution is 0.0981. The lowest BCUT2D eigenvalue weighted by Crippen LogP contribution is -2.35. The Morgan fingerprint density at radius 1 is 1.27 bits per heavy atom. The number of hydrogen-bond acceptors (Lipinski definition) is 2. The van der Waals surface area contributed by atoms with Gasteiger partial charge in [-0.25, -0.2) is 0 Å². The van der Waals surface area contributed by atoms with Crippen LogP contribution in [0.4, 0.5) is 5.69 Å². The second kappa shape index (κ2) is 5.76. The van der Waals surface area contributed by atoms with E-state index >= 15 is 0 Å². The molecule has 0 fully saturated rings. The van der Waals surface area contributed by atoms with Crippen molar-refractivity contribution in [2.24, 2.45) is 0 Å². The molecule has 4 heteroatoms. The largest absolute Gasteiger partial charge is 0.496 e. The lowest BCUT2D eigenvalue weighted by Gasteiger charge is -2.23. The first kappa shape index (κ1) is 15.1. The molecule has 3 nitrogen and oxygen atoms in total. The molecule has 1 heterocycles. The molecule has 2 aromatic carbocycles. The van der Waals surface area contributed by atoms with Gasteiger partial charge in [0.1, 0.15) is 5.75 Å². The average Bonchev–Trinajstić information content (AvgIpc) is 2.81. The molecule has 0 aromatic heterocycles. The van der Waals surface area contributed by atoms with E-state index in [0.29, 0.717) is 5.56 Å². The van der Waals surface area contributed by atoms with E-state index in [1.54, 1.807) is 7.11 Å². The van der Waals surface area contributed by atoms with Crippen molar-refractivity contribution in [2.75, 3.05) is 12.0 Å². The van der Waals surface area contributed by atoms with Crippen LogP contribution in [-0.2, 0) is 6.42 Å². The van der Waals surface area contributed by atoms with Crippen LogP contribution in [-0.4, -0.2) is 19.1 Å². The van der Waals surface area contributed by atoms with Crippen LogP contribution in [0.25, 0.3) is 0 Å². The van der Waals surface area contributed by atoms with Crippen LogP contribution < -0.4 is 9.64 Å². The third-order valence-electron chi connectivity index (χ3n) is 4.12. The fourth-order valence-electron chi connectivity index (χ4n) is 3.06. The number of amides is 1. The van der Waals surface area contributed by atoms with Crippen molar-refractivity contribution in [2.45, 2.75) is 26.3 Å². The van der Waals surface area contributed by atoms with Crippen LogP contribution >= 0.6 is 15.9 Å². The number of rotatable bonds is 2. The van der Waals surface area contributed by atoms with Crippen molar-refractivity contribution < 1.29 is 9.53 Å². The van der Waals surface area contributed by atoms with Gasteiger partial charge < -0.3 is 9.64 Å². The van der Waals surface area contributed by atoms with Gasteiger partial charge in [-0.3, -0.25) is 4.79 Å². The van der Waals surface area contributed by atoms with Gasteiger partial charge in [-0.1, -0.05) is 15.9 Å². The molecule has 1 amide bonds. The SMILES string of the molecule is COc1ccc(C(=O)N2c3ccc(Br)cc3CC2C)cc1C. The molecule has 3 rings (SSSR count). The Labute approximate surface area is 139 Å². The summed E-state index contributed by atoms with van der Waals surface area (Å²) in [5.41, 5.74) is 3.88. The summed E-state index contributed by atoms with van der Waals surface area (Å²) in [7, 11) is 1.64. The summed E-state index contributed by atoms with van der Waals surface area (Å²) in [5.74, 6) is 0.842. The Kier molecular flexibility index (Phi) is 3.96. The van der Waals surface area contributed by atoms with Gasteiger partial charge in [0, 0.05) is 21.8 Å². The van der Waals surface area contributed by atoms with E-state index in [1.807, 2.05) is 42.2 Å². The molecule has 0 N–H and O–H groups in total. The molecular formula is C18H18BrNO2. The number of ether oxygens (including phenoxy) is 1. The van der Waals surface area contributed by atoms with E-state index in [1.165, 1.54) is 5.56 Å². The van der Waals surface area contributed by atoms with Crippen LogP contribution in [0.1, 0.15) is 28.4 Å². The second-order valence-corrected chi connectivity index (χ2v) is 6.60. The Balaban J connectivity index is 1.98. The monoisotopic (exact) mass is 359 g/mol. The second-order valence-electron chi connectivity index (χ2n) is 5.69. The highest BCUT2D eigenvalue weighted by Crippen LogP contribution is 2.35. The first-order valence-electron chi connectivity index (χ1n) is 7.28. The minimum absolute atomic E-state index is 0.0410. The fraction of sp³-hybridized carbons (Fsp3) is 0.278. The summed E-state index contributed by atoms with van der Waals surface area (Å²) >= 11 is 3.49. The number of nitrogens with zero attached hydrogens (tertiary/aromatic N) is 1. The Morgan fingerprint density at radius 3 is 2.73 bits per heavy atom. The number of carbonyl (C=O) groups is 1. The van der Waals surface area contributed by atoms with Crippen LogP contribution in [0.3, 0.4) is 0 Å². The van der Waals surface area contributed by atoms with Gasteiger partial charge in [0.2, 0.25) is 0 Å². The summed E-state index contributed by atoms with van der Waals surface area (Å²) in [6, 6.07) is 11.8. The molecule has 1 unspecified atom stereocenters. The highest BCUT2D eigenvalue weighted by atomic mass is 79.9. The van der Waals surface area contributed by atoms with Gasteiger partial charge in [-0.2, -0.15) is 0 Å². The molecule has 1 atom stereocenters. The number of benzene rings is 2. The zero-order chi connectivity index (χ0) is 15.9. The summed E-state index contributed by atoms with van der Waals surface area (Å²) in [6.07, 6.45) is 0.885. The van der Waals surface area contributed by atoms with E-state index in [-0.39, 0.29) is 11.9 Å². The van der Waals surface area contributed by atoms with Crippen LogP contribution in [0.5, 0.6) is 5.75 Å². The fourth-order valence-corrected chi connectivity index (χ4v) is 3.47. The number of halogens is 1. The van der Waals surface area contributed by atoms with Crippen molar-refractivity contribution >= 4 is 27.5 Å². The van der Waals surface area contributed by atoms with Gasteiger partial charge in [0.25, 0.3) is 5.91 Å². The Hall–Kier alpha value is -1.81. The molecular weight excluding hydrogens is 342 g/mol. The minimum Gasteiger partial charge on any atom is -0.496 e. The zero-order valence-corrected chi connectivity index (χ0v) is 14.5. The molecule has 0 saturated heterocycles. The summed E-state index contributed by atoms with van der Waals surface area (Å²) in [6.45, 7) is 4.04. The summed E-state index contributed by atoms with van der Waals surface area (Å²) in [4.78, 5) is 14.8. The maximum Gasteiger partial charge on any atom is 0.258 e. The number of carbonyl (C=O) groups excluding carboxylic acids is 1. The molecule has 0 radical (unpaired) electrons. The van der Waals surface area contributed by atoms with Crippen molar-refractivity contribution in [3.8, 4) is 5.75 Å². The van der Waals surface area contributed by atoms with Gasteiger partial charge in [0.15, 0.2) is 0 Å². The average molecular weight is 360 g/mol. The summed E-state index contributed by atoms with van der Waals surface area (Å²) < 4.78 is 6.31. The maximum atomic E-state index is 12.9. The van der Waals surface area contributed by atoms with Crippen molar-refractivity contribution in [3.05, 3.63) is 57.6 Å². The Morgan fingerprint density at radius 2 is 2.05 bits per heavy atom. The number of fused-ring (bicyclic) bond motifs is 1. The first-order valence-corrected chi connectivity index (χ1v) is 8.07. The van der Waals surface area contributed by atoms with Crippen LogP contribution in [0.15, 0.2) is 40.9 Å². The zero-order valence-electron chi connectivity index (χ0n) is 12.9. The van der Waals surface area contributed by atoms with E-state index in [9.17, 15) is 4.79 Å². The van der Waals surface area contributed by atoms with Gasteiger partial charge in [0.05, 0.1) is 7.11 Å². The van der Waals surface area contributed by atoms with E-state index in [2.05, 4.69) is 28.9 Å². The van der Waals surface area contributed by atoms with Gasteiger partial charge in [-0.15, -0.1) is 0 Å². The quantitative estimate of drug-likeness (QED) is 0.797. The maximum absolute atomic E-state index is 12.9. The normalized spacial score (nSPS) is 16.5. The molecule has 0 saturated carbocycles. The lowest BCUT2D eigenvalue weighted by atomic mass is 10.1. The predicted octanol–water partition coefficient (Wildman–Crippen LogP) is 4.36. The van der Waals surface area contributed by atoms with Gasteiger partial charge in [-0.05, 0) is 67.8 Å². The number of methoxy groups -OCH3 is 1. The van der Waals surface area contributed by atoms with E-state index < -0.39 is 0 Å². The van der Waals surface area contributed by atoms with Crippen molar-refractivity contribution in [3.63, 3.8) is 0 Å². The molecule has 1 aliphatic rings. The number of anilines is 1. The minimum atomic E-state index is 0.0410. The van der Waals surface area contributed by atoms with E-state index in [4.69, 9.17) is 4.74 Å². The van der Waals surface area contributed by atoms with E-state index in [0.717, 1.165) is 27.9 Å². The van der Waals surface area contributed by atoms with Crippen molar-refractivity contribution in [1.29, 1.82) is 0 Å². The van der Waals surface area contributed by atoms with Crippen LogP contribution in [0.2, 0.25) is 0 Å². The highest BCUT2D eigenvalue weighted by Gasteiger charge is 2.31. The Bertz CT molecular complexity index is 742. The molecule has 0 aliphatic carbocycles. The topological polar surface area (TPSA) is 29.5 Å². The predicted molar refractivity (Wildman–Crippen MR) is 91.8 cm³/mol.